The summed E-state index contributed by atoms with van der Waals surface area (Å²) in [5.74, 6) is -2.56. The van der Waals surface area contributed by atoms with Crippen molar-refractivity contribution < 1.29 is 19.3 Å². The summed E-state index contributed by atoms with van der Waals surface area (Å²) in [5.41, 5.74) is 0.497. The van der Waals surface area contributed by atoms with Crippen molar-refractivity contribution in [2.75, 3.05) is 0 Å². The summed E-state index contributed by atoms with van der Waals surface area (Å²) in [6.07, 6.45) is 0.931. The molecule has 2 aromatic carbocycles. The van der Waals surface area contributed by atoms with Crippen molar-refractivity contribution in [1.82, 2.24) is 10.0 Å². The number of imide groups is 1. The van der Waals surface area contributed by atoms with Gasteiger partial charge in [-0.25, -0.2) is 5.01 Å². The summed E-state index contributed by atoms with van der Waals surface area (Å²) >= 11 is 13.4. The molecule has 1 aliphatic heterocycles. The average Bonchev–Trinajstić information content (AvgIpc) is 3.02. The molecule has 172 valence electrons. The maximum atomic E-state index is 13.5. The molecule has 1 aliphatic carbocycles. The fraction of sp³-hybridized carbons (Fsp3) is 0.318. The molecular weight excluding hydrogens is 582 g/mol. The molecule has 0 aromatic heterocycles. The van der Waals surface area contributed by atoms with Gasteiger partial charge in [-0.1, -0.05) is 61.7 Å². The standard InChI is InChI=1S/C22H18Br2ClN3O5/c23-17-9-15-16(10-18(17)24)22(31)27(21(15)30)26(11-13-3-1-2-4-19(13)25)20(29)12-5-7-14(8-6-12)28(32)33/h1-8,15-18H,9-11H2/t15-,16-,17-,18+/m1/s1. The molecule has 0 bridgehead atoms. The third-order valence-electron chi connectivity index (χ3n) is 5.97. The number of fused-ring (bicyclic) bond motifs is 1. The smallest absolute Gasteiger partial charge is 0.272 e. The first kappa shape index (κ1) is 23.8. The highest BCUT2D eigenvalue weighted by Crippen LogP contribution is 2.44. The Morgan fingerprint density at radius 2 is 1.58 bits per heavy atom. The highest BCUT2D eigenvalue weighted by Gasteiger charge is 2.54. The van der Waals surface area contributed by atoms with Gasteiger partial charge < -0.3 is 0 Å². The number of hydrazine groups is 1. The number of carbonyl (C=O) groups is 3. The molecule has 0 radical (unpaired) electrons. The van der Waals surface area contributed by atoms with Crippen molar-refractivity contribution in [3.63, 3.8) is 0 Å². The molecule has 2 fully saturated rings. The fourth-order valence-electron chi connectivity index (χ4n) is 4.21. The molecule has 1 saturated heterocycles. The Kier molecular flexibility index (Phi) is 6.88. The Bertz CT molecular complexity index is 1100. The molecule has 4 atom stereocenters. The van der Waals surface area contributed by atoms with Crippen LogP contribution in [0.2, 0.25) is 5.02 Å². The summed E-state index contributed by atoms with van der Waals surface area (Å²) in [5, 5.41) is 13.4. The number of halogens is 3. The van der Waals surface area contributed by atoms with Gasteiger partial charge in [-0.3, -0.25) is 24.5 Å². The predicted octanol–water partition coefficient (Wildman–Crippen LogP) is 4.73. The number of hydrogen-bond acceptors (Lipinski definition) is 5. The van der Waals surface area contributed by atoms with Gasteiger partial charge in [0, 0.05) is 32.4 Å². The van der Waals surface area contributed by atoms with Crippen LogP contribution >= 0.6 is 43.5 Å². The number of nitrogens with zero attached hydrogens (tertiary/aromatic N) is 3. The molecule has 8 nitrogen and oxygen atoms in total. The van der Waals surface area contributed by atoms with Gasteiger partial charge in [0.1, 0.15) is 0 Å². The van der Waals surface area contributed by atoms with Crippen LogP contribution in [0.3, 0.4) is 0 Å². The van der Waals surface area contributed by atoms with Crippen LogP contribution in [0.15, 0.2) is 48.5 Å². The third-order valence-corrected chi connectivity index (χ3v) is 9.07. The Balaban J connectivity index is 1.72. The van der Waals surface area contributed by atoms with Gasteiger partial charge in [0.2, 0.25) is 0 Å². The predicted molar refractivity (Wildman–Crippen MR) is 128 cm³/mol. The second-order valence-corrected chi connectivity index (χ2v) is 10.7. The molecule has 33 heavy (non-hydrogen) atoms. The minimum Gasteiger partial charge on any atom is -0.272 e. The van der Waals surface area contributed by atoms with Crippen LogP contribution < -0.4 is 0 Å². The zero-order valence-corrected chi connectivity index (χ0v) is 21.0. The SMILES string of the molecule is O=C(c1ccc([N+](=O)[O-])cc1)N(Cc1ccccc1Cl)N1C(=O)[C@@H]2C[C@@H](Br)[C@@H](Br)C[C@H]2C1=O. The van der Waals surface area contributed by atoms with Crippen molar-refractivity contribution >= 4 is 66.9 Å². The lowest BCUT2D eigenvalue weighted by Gasteiger charge is -2.31. The first-order valence-corrected chi connectivity index (χ1v) is 12.4. The average molecular weight is 600 g/mol. The van der Waals surface area contributed by atoms with Crippen molar-refractivity contribution in [2.45, 2.75) is 29.0 Å². The van der Waals surface area contributed by atoms with Crippen LogP contribution in [0.4, 0.5) is 5.69 Å². The van der Waals surface area contributed by atoms with E-state index in [1.807, 2.05) is 0 Å². The minimum atomic E-state index is -0.629. The van der Waals surface area contributed by atoms with E-state index in [0.717, 1.165) is 10.0 Å². The molecule has 4 rings (SSSR count). The first-order valence-electron chi connectivity index (χ1n) is 10.1. The van der Waals surface area contributed by atoms with Gasteiger partial charge in [0.25, 0.3) is 23.4 Å². The quantitative estimate of drug-likeness (QED) is 0.214. The lowest BCUT2D eigenvalue weighted by atomic mass is 9.81. The Morgan fingerprint density at radius 3 is 2.09 bits per heavy atom. The van der Waals surface area contributed by atoms with Gasteiger partial charge in [-0.2, -0.15) is 5.01 Å². The summed E-state index contributed by atoms with van der Waals surface area (Å²) < 4.78 is 0. The van der Waals surface area contributed by atoms with E-state index in [4.69, 9.17) is 11.6 Å². The van der Waals surface area contributed by atoms with Crippen LogP contribution in [-0.4, -0.2) is 42.3 Å². The third kappa shape index (κ3) is 4.56. The fourth-order valence-corrected chi connectivity index (χ4v) is 5.64. The molecule has 1 saturated carbocycles. The second kappa shape index (κ2) is 9.52. The van der Waals surface area contributed by atoms with E-state index in [-0.39, 0.29) is 27.4 Å². The topological polar surface area (TPSA) is 101 Å². The van der Waals surface area contributed by atoms with Crippen molar-refractivity contribution in [2.24, 2.45) is 11.8 Å². The first-order chi connectivity index (χ1) is 15.7. The number of non-ortho nitro benzene ring substituents is 1. The number of amides is 3. The Morgan fingerprint density at radius 1 is 1.03 bits per heavy atom. The van der Waals surface area contributed by atoms with E-state index in [9.17, 15) is 24.5 Å². The van der Waals surface area contributed by atoms with Gasteiger partial charge >= 0.3 is 0 Å². The van der Waals surface area contributed by atoms with Crippen LogP contribution in [0.5, 0.6) is 0 Å². The maximum Gasteiger partial charge on any atom is 0.273 e. The van der Waals surface area contributed by atoms with E-state index >= 15 is 0 Å². The lowest BCUT2D eigenvalue weighted by molar-refractivity contribution is -0.384. The molecular formula is C22H18Br2ClN3O5. The van der Waals surface area contributed by atoms with Crippen molar-refractivity contribution in [3.05, 3.63) is 74.8 Å². The Hall–Kier alpha value is -2.30. The number of benzene rings is 2. The van der Waals surface area contributed by atoms with Crippen LogP contribution in [0.25, 0.3) is 0 Å². The van der Waals surface area contributed by atoms with Gasteiger partial charge in [-0.05, 0) is 36.6 Å². The van der Waals surface area contributed by atoms with Crippen LogP contribution in [0.1, 0.15) is 28.8 Å². The zero-order chi connectivity index (χ0) is 23.9. The zero-order valence-electron chi connectivity index (χ0n) is 17.1. The highest BCUT2D eigenvalue weighted by molar-refractivity contribution is 9.12. The largest absolute Gasteiger partial charge is 0.273 e. The summed E-state index contributed by atoms with van der Waals surface area (Å²) in [7, 11) is 0. The van der Waals surface area contributed by atoms with Crippen molar-refractivity contribution in [3.8, 4) is 0 Å². The summed E-state index contributed by atoms with van der Waals surface area (Å²) in [6.45, 7) is -0.109. The molecule has 2 aliphatic rings. The van der Waals surface area contributed by atoms with E-state index in [1.165, 1.54) is 24.3 Å². The maximum absolute atomic E-state index is 13.5. The van der Waals surface area contributed by atoms with Gasteiger partial charge in [0.15, 0.2) is 0 Å². The normalized spacial score (nSPS) is 24.5. The minimum absolute atomic E-state index is 0.0258. The number of rotatable bonds is 5. The second-order valence-electron chi connectivity index (χ2n) is 7.96. The van der Waals surface area contributed by atoms with E-state index in [0.29, 0.717) is 23.4 Å². The van der Waals surface area contributed by atoms with Crippen molar-refractivity contribution in [1.29, 1.82) is 0 Å². The summed E-state index contributed by atoms with van der Waals surface area (Å²) in [6, 6.07) is 11.9. The molecule has 0 N–H and O–H groups in total. The van der Waals surface area contributed by atoms with Gasteiger partial charge in [0.05, 0.1) is 23.3 Å². The van der Waals surface area contributed by atoms with Gasteiger partial charge in [-0.15, -0.1) is 0 Å². The van der Waals surface area contributed by atoms with Crippen LogP contribution in [-0.2, 0) is 16.1 Å². The van der Waals surface area contributed by atoms with Crippen LogP contribution in [0, 0.1) is 22.0 Å². The highest BCUT2D eigenvalue weighted by atomic mass is 79.9. The number of hydrogen-bond donors (Lipinski definition) is 0. The number of carbonyl (C=O) groups excluding carboxylic acids is 3. The number of alkyl halides is 2. The molecule has 3 amide bonds. The molecule has 1 heterocycles. The molecule has 2 aromatic rings. The van der Waals surface area contributed by atoms with E-state index in [1.54, 1.807) is 24.3 Å². The van der Waals surface area contributed by atoms with E-state index < -0.39 is 34.5 Å². The molecule has 0 unspecified atom stereocenters. The van der Waals surface area contributed by atoms with E-state index in [2.05, 4.69) is 31.9 Å². The summed E-state index contributed by atoms with van der Waals surface area (Å²) in [4.78, 5) is 50.7. The Labute approximate surface area is 211 Å². The molecule has 11 heteroatoms. The molecule has 0 spiro atoms. The lowest BCUT2D eigenvalue weighted by Crippen LogP contribution is -2.49. The number of nitro benzene ring substituents is 1. The number of nitro groups is 1. The monoisotopic (exact) mass is 597 g/mol.